The van der Waals surface area contributed by atoms with Crippen LogP contribution in [0, 0.1) is 13.8 Å². The van der Waals surface area contributed by atoms with Crippen LogP contribution in [0.2, 0.25) is 0 Å². The Balaban J connectivity index is 1.47. The van der Waals surface area contributed by atoms with Gasteiger partial charge in [-0.1, -0.05) is 24.3 Å². The van der Waals surface area contributed by atoms with Crippen LogP contribution in [-0.4, -0.2) is 38.5 Å². The summed E-state index contributed by atoms with van der Waals surface area (Å²) in [6.45, 7) is 8.31. The van der Waals surface area contributed by atoms with Crippen LogP contribution >= 0.6 is 0 Å². The van der Waals surface area contributed by atoms with E-state index in [1.54, 1.807) is 0 Å². The number of fused-ring (bicyclic) bond motifs is 1. The van der Waals surface area contributed by atoms with Crippen molar-refractivity contribution in [2.75, 3.05) is 31.9 Å². The lowest BCUT2D eigenvalue weighted by molar-refractivity contribution is -0.117. The Labute approximate surface area is 177 Å². The normalized spacial score (nSPS) is 18.1. The zero-order valence-electron chi connectivity index (χ0n) is 17.9. The minimum Gasteiger partial charge on any atom is -0.454 e. The van der Waals surface area contributed by atoms with Crippen molar-refractivity contribution >= 4 is 11.6 Å². The lowest BCUT2D eigenvalue weighted by Crippen LogP contribution is -2.48. The van der Waals surface area contributed by atoms with Crippen molar-refractivity contribution in [3.63, 3.8) is 0 Å². The van der Waals surface area contributed by atoms with Gasteiger partial charge in [0.25, 0.3) is 0 Å². The van der Waals surface area contributed by atoms with Crippen LogP contribution in [0.5, 0.6) is 11.5 Å². The number of nitrogens with one attached hydrogen (secondary N) is 2. The van der Waals surface area contributed by atoms with E-state index in [4.69, 9.17) is 14.2 Å². The predicted molar refractivity (Wildman–Crippen MR) is 116 cm³/mol. The number of amides is 1. The molecular weight excluding hydrogens is 380 g/mol. The topological polar surface area (TPSA) is 68.8 Å². The van der Waals surface area contributed by atoms with E-state index >= 15 is 0 Å². The van der Waals surface area contributed by atoms with E-state index in [-0.39, 0.29) is 24.2 Å². The number of benzene rings is 2. The first-order chi connectivity index (χ1) is 14.5. The fourth-order valence-corrected chi connectivity index (χ4v) is 4.24. The lowest BCUT2D eigenvalue weighted by atomic mass is 9.74. The van der Waals surface area contributed by atoms with Crippen molar-refractivity contribution in [3.05, 3.63) is 53.1 Å². The minimum atomic E-state index is -0.322. The minimum absolute atomic E-state index is 0.0275. The molecule has 6 heteroatoms. The molecule has 2 N–H and O–H groups in total. The predicted octanol–water partition coefficient (Wildman–Crippen LogP) is 3.70. The highest BCUT2D eigenvalue weighted by Crippen LogP contribution is 2.40. The van der Waals surface area contributed by atoms with E-state index in [1.807, 2.05) is 45.0 Å². The van der Waals surface area contributed by atoms with Crippen LogP contribution in [0.3, 0.4) is 0 Å². The largest absolute Gasteiger partial charge is 0.454 e. The van der Waals surface area contributed by atoms with Gasteiger partial charge in [0.05, 0.1) is 6.04 Å². The lowest BCUT2D eigenvalue weighted by Gasteiger charge is -2.38. The van der Waals surface area contributed by atoms with Crippen LogP contribution in [0.15, 0.2) is 36.4 Å². The second-order valence-electron chi connectivity index (χ2n) is 8.32. The van der Waals surface area contributed by atoms with Crippen molar-refractivity contribution in [2.24, 2.45) is 0 Å². The summed E-state index contributed by atoms with van der Waals surface area (Å²) in [6, 6.07) is 11.9. The quantitative estimate of drug-likeness (QED) is 0.760. The molecule has 0 bridgehead atoms. The molecule has 2 aliphatic heterocycles. The zero-order chi connectivity index (χ0) is 21.1. The van der Waals surface area contributed by atoms with Crippen LogP contribution < -0.4 is 20.1 Å². The van der Waals surface area contributed by atoms with Crippen molar-refractivity contribution < 1.29 is 19.0 Å². The van der Waals surface area contributed by atoms with E-state index in [2.05, 4.69) is 22.8 Å². The summed E-state index contributed by atoms with van der Waals surface area (Å²) in [6.07, 6.45) is 1.79. The first-order valence-electron chi connectivity index (χ1n) is 10.6. The number of rotatable bonds is 6. The molecule has 0 aromatic heterocycles. The Bertz CT molecular complexity index is 901. The Morgan fingerprint density at radius 2 is 1.77 bits per heavy atom. The molecule has 1 amide bonds. The van der Waals surface area contributed by atoms with Gasteiger partial charge in [-0.2, -0.15) is 0 Å². The maximum Gasteiger partial charge on any atom is 0.241 e. The molecule has 1 saturated heterocycles. The highest BCUT2D eigenvalue weighted by atomic mass is 16.7. The summed E-state index contributed by atoms with van der Waals surface area (Å²) in [5.41, 5.74) is 4.12. The molecule has 4 rings (SSSR count). The highest BCUT2D eigenvalue weighted by molar-refractivity contribution is 5.95. The Morgan fingerprint density at radius 1 is 1.07 bits per heavy atom. The third-order valence-corrected chi connectivity index (χ3v) is 6.30. The van der Waals surface area contributed by atoms with Gasteiger partial charge in [-0.05, 0) is 62.4 Å². The van der Waals surface area contributed by atoms with Gasteiger partial charge in [0, 0.05) is 30.9 Å². The van der Waals surface area contributed by atoms with Crippen LogP contribution in [-0.2, 0) is 14.9 Å². The Kier molecular flexibility index (Phi) is 5.97. The number of anilines is 1. The van der Waals surface area contributed by atoms with Crippen molar-refractivity contribution in [1.82, 2.24) is 5.32 Å². The summed E-state index contributed by atoms with van der Waals surface area (Å²) in [4.78, 5) is 12.8. The number of hydrogen-bond donors (Lipinski definition) is 2. The number of para-hydroxylation sites is 1. The molecule has 2 aliphatic rings. The first kappa shape index (κ1) is 20.7. The van der Waals surface area contributed by atoms with Gasteiger partial charge < -0.3 is 24.8 Å². The SMILES string of the molecule is Cc1cccc(C)c1NC(=O)C(C)NCC1(c2ccc3c(c2)OCO3)CCOCC1. The smallest absolute Gasteiger partial charge is 0.241 e. The number of ether oxygens (including phenoxy) is 3. The highest BCUT2D eigenvalue weighted by Gasteiger charge is 2.36. The zero-order valence-corrected chi connectivity index (χ0v) is 17.9. The summed E-state index contributed by atoms with van der Waals surface area (Å²) < 4.78 is 16.7. The molecule has 2 aromatic carbocycles. The molecule has 0 spiro atoms. The molecule has 0 saturated carbocycles. The molecule has 2 aromatic rings. The van der Waals surface area contributed by atoms with Crippen molar-refractivity contribution in [1.29, 1.82) is 0 Å². The molecular formula is C24H30N2O4. The fraction of sp³-hybridized carbons (Fsp3) is 0.458. The second kappa shape index (κ2) is 8.66. The number of hydrogen-bond acceptors (Lipinski definition) is 5. The fourth-order valence-electron chi connectivity index (χ4n) is 4.24. The van der Waals surface area contributed by atoms with E-state index < -0.39 is 0 Å². The molecule has 1 unspecified atom stereocenters. The number of carbonyl (C=O) groups excluding carboxylic acids is 1. The van der Waals surface area contributed by atoms with E-state index in [1.165, 1.54) is 5.56 Å². The van der Waals surface area contributed by atoms with Crippen molar-refractivity contribution in [2.45, 2.75) is 45.1 Å². The standard InChI is InChI=1S/C24H30N2O4/c1-16-5-4-6-17(2)22(16)26-23(27)18(3)25-14-24(9-11-28-12-10-24)19-7-8-20-21(13-19)30-15-29-20/h4-8,13,18,25H,9-12,14-15H2,1-3H3,(H,26,27). The molecule has 2 heterocycles. The maximum absolute atomic E-state index is 12.8. The van der Waals surface area contributed by atoms with E-state index in [0.717, 1.165) is 41.2 Å². The van der Waals surface area contributed by atoms with E-state index in [0.29, 0.717) is 19.8 Å². The Hall–Kier alpha value is -2.57. The molecule has 0 radical (unpaired) electrons. The maximum atomic E-state index is 12.8. The van der Waals surface area contributed by atoms with Gasteiger partial charge in [0.2, 0.25) is 12.7 Å². The summed E-state index contributed by atoms with van der Waals surface area (Å²) in [7, 11) is 0. The van der Waals surface area contributed by atoms with E-state index in [9.17, 15) is 4.79 Å². The third-order valence-electron chi connectivity index (χ3n) is 6.30. The Morgan fingerprint density at radius 3 is 2.50 bits per heavy atom. The molecule has 1 fully saturated rings. The molecule has 1 atom stereocenters. The molecule has 30 heavy (non-hydrogen) atoms. The van der Waals surface area contributed by atoms with Gasteiger partial charge in [-0.25, -0.2) is 0 Å². The summed E-state index contributed by atoms with van der Waals surface area (Å²) in [5, 5.41) is 6.57. The molecule has 160 valence electrons. The number of carbonyl (C=O) groups is 1. The van der Waals surface area contributed by atoms with Crippen LogP contribution in [0.1, 0.15) is 36.5 Å². The molecule has 0 aliphatic carbocycles. The summed E-state index contributed by atoms with van der Waals surface area (Å²) >= 11 is 0. The van der Waals surface area contributed by atoms with Crippen molar-refractivity contribution in [3.8, 4) is 11.5 Å². The molecule has 6 nitrogen and oxygen atoms in total. The van der Waals surface area contributed by atoms with Crippen LogP contribution in [0.25, 0.3) is 0 Å². The second-order valence-corrected chi connectivity index (χ2v) is 8.32. The van der Waals surface area contributed by atoms with Crippen LogP contribution in [0.4, 0.5) is 5.69 Å². The number of aryl methyl sites for hydroxylation is 2. The van der Waals surface area contributed by atoms with Gasteiger partial charge >= 0.3 is 0 Å². The van der Waals surface area contributed by atoms with Gasteiger partial charge in [-0.3, -0.25) is 4.79 Å². The summed E-state index contributed by atoms with van der Waals surface area (Å²) in [5.74, 6) is 1.55. The average Bonchev–Trinajstić information content (AvgIpc) is 3.23. The average molecular weight is 411 g/mol. The van der Waals surface area contributed by atoms with Gasteiger partial charge in [-0.15, -0.1) is 0 Å². The third kappa shape index (κ3) is 4.16. The first-order valence-corrected chi connectivity index (χ1v) is 10.6. The van der Waals surface area contributed by atoms with Gasteiger partial charge in [0.1, 0.15) is 0 Å². The monoisotopic (exact) mass is 410 g/mol. The van der Waals surface area contributed by atoms with Gasteiger partial charge in [0.15, 0.2) is 11.5 Å².